The van der Waals surface area contributed by atoms with Crippen molar-refractivity contribution in [2.45, 2.75) is 134 Å². The average Bonchev–Trinajstić information content (AvgIpc) is 1.62. The van der Waals surface area contributed by atoms with Crippen molar-refractivity contribution in [1.29, 1.82) is 0 Å². The third-order valence-electron chi connectivity index (χ3n) is 15.6. The Morgan fingerprint density at radius 3 is 1.54 bits per heavy atom. The maximum Gasteiger partial charge on any atom is 0.346 e. The van der Waals surface area contributed by atoms with E-state index < -0.39 is 221 Å². The minimum Gasteiger partial charge on any atom is -0.462 e. The second-order valence-electron chi connectivity index (χ2n) is 24.6. The van der Waals surface area contributed by atoms with Crippen LogP contribution in [0.15, 0.2) is 121 Å². The van der Waals surface area contributed by atoms with Crippen LogP contribution in [0.2, 0.25) is 0 Å². The standard InChI is InChI=1S/C25H30ClF2N3O7.C18H24ClFN2O7.C11H8FN3O2.C10H11ClF2N2O5/c1-13(2)22(33)36-12-25(11-26)18(37-23(34)14(3)4)17(28)21(38-25)31-10-16(27)19(30-24(31)35)29-20(32)15-8-6-5-7-9-15;1-9(2)15(24)27-8-18(7-19)13(28-16(25)10(3)4)12(20)14(29-18)22-6-5-11(23)21-17(22)26;12-8-6-13-11(17)15-9(8)14-10(16)7-4-2-1-3-5-7;11-2-10(3-16)6(17)5(13)8(20-10)15-1-4(12)7(18)14-9(15)19/h5-10,13-14,17-19,21H,11-12H2,1-4H3,(H,29,32)(H,30,35);5-6,9-10,12-14H,7-8H2,1-4H3,(H,21,23,26);1-6H,(H2,13,14,15,16,17);1,5-6,8,16-17H,2-3H2,(H,14,18,19)/t17-,18+,19?,21-,25-;12-,13+,14-,18-;;5-,6+,8-,10-/m11.1/s1. The topological polar surface area (TPSA) is 419 Å². The fourth-order valence-corrected chi connectivity index (χ4v) is 10.5. The molecule has 3 fully saturated rings. The zero-order valence-electron chi connectivity index (χ0n) is 56.3. The number of aliphatic hydroxyl groups is 2. The lowest BCUT2D eigenvalue weighted by atomic mass is 9.98. The molecule has 4 aliphatic rings. The molecular weight excluding hydrogens is 1470 g/mol. The number of halogens is 9. The lowest BCUT2D eigenvalue weighted by molar-refractivity contribution is -0.178. The van der Waals surface area contributed by atoms with E-state index in [1.165, 1.54) is 26.0 Å². The van der Waals surface area contributed by atoms with E-state index in [9.17, 15) is 85.3 Å². The quantitative estimate of drug-likeness (QED) is 0.0221. The highest BCUT2D eigenvalue weighted by molar-refractivity contribution is 6.19. The molecule has 3 aromatic heterocycles. The summed E-state index contributed by atoms with van der Waals surface area (Å²) in [6.45, 7) is 10.7. The molecule has 2 aromatic carbocycles. The summed E-state index contributed by atoms with van der Waals surface area (Å²) in [6, 6.07) is 16.2. The molecule has 4 aliphatic heterocycles. The van der Waals surface area contributed by atoms with Gasteiger partial charge in [0.05, 0.1) is 60.3 Å². The van der Waals surface area contributed by atoms with Gasteiger partial charge >= 0.3 is 47.0 Å². The van der Waals surface area contributed by atoms with Gasteiger partial charge in [-0.1, -0.05) is 91.8 Å². The molecule has 568 valence electrons. The van der Waals surface area contributed by atoms with Gasteiger partial charge in [0.2, 0.25) is 5.82 Å². The number of hydrogen-bond donors (Lipinski definition) is 8. The Hall–Kier alpha value is -9.24. The van der Waals surface area contributed by atoms with Crippen LogP contribution >= 0.6 is 34.8 Å². The zero-order valence-corrected chi connectivity index (χ0v) is 58.6. The molecule has 4 amide bonds. The lowest BCUT2D eigenvalue weighted by Crippen LogP contribution is -2.58. The maximum atomic E-state index is 15.8. The number of esters is 4. The van der Waals surface area contributed by atoms with Crippen molar-refractivity contribution in [2.24, 2.45) is 23.7 Å². The summed E-state index contributed by atoms with van der Waals surface area (Å²) in [7, 11) is 0. The van der Waals surface area contributed by atoms with Crippen LogP contribution in [0, 0.1) is 35.3 Å². The number of nitrogens with zero attached hydrogens (tertiary/aromatic N) is 4. The van der Waals surface area contributed by atoms with E-state index in [4.69, 9.17) is 68.0 Å². The first-order valence-electron chi connectivity index (χ1n) is 31.4. The number of hydrogen-bond acceptors (Lipinski definition) is 22. The summed E-state index contributed by atoms with van der Waals surface area (Å²) >= 11 is 17.7. The number of anilines is 1. The van der Waals surface area contributed by atoms with E-state index in [0.717, 1.165) is 23.0 Å². The predicted molar refractivity (Wildman–Crippen MR) is 353 cm³/mol. The summed E-state index contributed by atoms with van der Waals surface area (Å²) in [5, 5.41) is 25.7. The third-order valence-corrected chi connectivity index (χ3v) is 16.9. The predicted octanol–water partition coefficient (Wildman–Crippen LogP) is 4.20. The summed E-state index contributed by atoms with van der Waals surface area (Å²) in [5.74, 6) is -10.8. The smallest absolute Gasteiger partial charge is 0.346 e. The van der Waals surface area contributed by atoms with E-state index in [1.807, 2.05) is 4.98 Å². The van der Waals surface area contributed by atoms with Crippen molar-refractivity contribution in [3.8, 4) is 0 Å². The Balaban J connectivity index is 0.000000228. The average molecular weight is 1540 g/mol. The van der Waals surface area contributed by atoms with Crippen LogP contribution in [0.25, 0.3) is 0 Å². The second kappa shape index (κ2) is 36.5. The molecule has 3 saturated heterocycles. The van der Waals surface area contributed by atoms with Gasteiger partial charge in [0.15, 0.2) is 84.2 Å². The highest BCUT2D eigenvalue weighted by atomic mass is 35.5. The molecule has 40 heteroatoms. The molecule has 0 saturated carbocycles. The third kappa shape index (κ3) is 20.0. The van der Waals surface area contributed by atoms with Crippen molar-refractivity contribution in [3.63, 3.8) is 0 Å². The summed E-state index contributed by atoms with van der Waals surface area (Å²) in [6.07, 6.45) is -15.0. The van der Waals surface area contributed by atoms with E-state index in [-0.39, 0.29) is 17.3 Å². The molecule has 0 aliphatic carbocycles. The minimum atomic E-state index is -2.19. The normalized spacial score (nSPS) is 25.4. The summed E-state index contributed by atoms with van der Waals surface area (Å²) < 4.78 is 125. The Labute approximate surface area is 600 Å². The highest BCUT2D eigenvalue weighted by Crippen LogP contribution is 2.44. The number of benzene rings is 2. The zero-order chi connectivity index (χ0) is 77.5. The van der Waals surface area contributed by atoms with E-state index in [2.05, 4.69) is 25.9 Å². The number of nitrogens with one attached hydrogen (secondary N) is 6. The lowest BCUT2D eigenvalue weighted by Gasteiger charge is -2.34. The first kappa shape index (κ1) is 83.7. The van der Waals surface area contributed by atoms with E-state index in [1.54, 1.807) is 95.1 Å². The minimum absolute atomic E-state index is 0.234. The van der Waals surface area contributed by atoms with Gasteiger partial charge in [-0.15, -0.1) is 34.8 Å². The number of alkyl halides is 6. The number of amides is 4. The van der Waals surface area contributed by atoms with Crippen LogP contribution in [0.3, 0.4) is 0 Å². The number of urea groups is 1. The van der Waals surface area contributed by atoms with Gasteiger partial charge in [0, 0.05) is 29.6 Å². The first-order chi connectivity index (χ1) is 48.9. The van der Waals surface area contributed by atoms with Crippen molar-refractivity contribution in [2.75, 3.05) is 42.8 Å². The van der Waals surface area contributed by atoms with Gasteiger partial charge in [0.1, 0.15) is 24.9 Å². The molecule has 1 unspecified atom stereocenters. The van der Waals surface area contributed by atoms with Gasteiger partial charge in [-0.25, -0.2) is 41.1 Å². The van der Waals surface area contributed by atoms with Gasteiger partial charge in [-0.3, -0.25) is 67.3 Å². The van der Waals surface area contributed by atoms with Crippen molar-refractivity contribution in [3.05, 3.63) is 172 Å². The molecule has 0 radical (unpaired) electrons. The number of carbonyl (C=O) groups excluding carboxylic acids is 7. The Kier molecular flexibility index (Phi) is 29.3. The van der Waals surface area contributed by atoms with Crippen LogP contribution in [-0.2, 0) is 52.3 Å². The fraction of sp³-hybridized carbons (Fsp3) is 0.484. The molecule has 9 rings (SSSR count). The SMILES string of the molecule is CC(C)C(=O)OC[C@@]1(CCl)O[C@@H](N2C=C(F)C(NC(=O)c3ccccc3)NC2=O)[C@H](F)[C@@H]1OC(=O)C(C)C.CC(C)C(=O)OC[C@@]1(CCl)O[C@@H](n2ccc(=O)[nH]c2=O)[C@H](F)[C@@H]1OC(=O)C(C)C.O=C(Nc1[nH]c(=O)ncc1F)c1ccccc1.O=c1[nH]c(=O)n([C@@H]2O[C@@](CO)(CCl)[C@@H](O)[C@H]2F)cc1F. The molecule has 8 N–H and O–H groups in total. The molecule has 31 nitrogen and oxygen atoms in total. The second-order valence-corrected chi connectivity index (χ2v) is 25.4. The van der Waals surface area contributed by atoms with Crippen LogP contribution < -0.4 is 44.1 Å². The van der Waals surface area contributed by atoms with Gasteiger partial charge in [0.25, 0.3) is 22.9 Å². The molecular formula is C64H73Cl3F6N10O21. The molecule has 104 heavy (non-hydrogen) atoms. The number of carbonyl (C=O) groups is 7. The summed E-state index contributed by atoms with van der Waals surface area (Å²) in [4.78, 5) is 152. The largest absolute Gasteiger partial charge is 0.462 e. The molecule has 7 heterocycles. The van der Waals surface area contributed by atoms with Gasteiger partial charge in [-0.2, -0.15) is 9.37 Å². The first-order valence-corrected chi connectivity index (χ1v) is 33.0. The molecule has 0 bridgehead atoms. The fourth-order valence-electron chi connectivity index (χ4n) is 9.63. The van der Waals surface area contributed by atoms with E-state index >= 15 is 8.78 Å². The summed E-state index contributed by atoms with van der Waals surface area (Å²) in [5.41, 5.74) is -9.49. The van der Waals surface area contributed by atoms with Crippen LogP contribution in [0.1, 0.15) is 88.6 Å². The number of aromatic nitrogens is 6. The van der Waals surface area contributed by atoms with Crippen molar-refractivity contribution >= 4 is 82.3 Å². The highest BCUT2D eigenvalue weighted by Gasteiger charge is 2.63. The molecule has 13 atom stereocenters. The monoisotopic (exact) mass is 1540 g/mol. The van der Waals surface area contributed by atoms with E-state index in [0.29, 0.717) is 27.4 Å². The molecule has 5 aromatic rings. The Morgan fingerprint density at radius 2 is 1.07 bits per heavy atom. The van der Waals surface area contributed by atoms with Crippen LogP contribution in [-0.4, -0.2) is 189 Å². The number of aliphatic hydroxyl groups excluding tert-OH is 2. The number of aromatic amines is 3. The number of rotatable bonds is 21. The Bertz CT molecular complexity index is 4210. The Morgan fingerprint density at radius 1 is 0.606 bits per heavy atom. The number of H-pyrrole nitrogens is 3. The maximum absolute atomic E-state index is 15.8. The van der Waals surface area contributed by atoms with Crippen molar-refractivity contribution in [1.82, 2.24) is 44.6 Å². The van der Waals surface area contributed by atoms with Crippen LogP contribution in [0.4, 0.5) is 37.0 Å². The molecule has 0 spiro atoms. The number of ether oxygens (including phenoxy) is 7. The van der Waals surface area contributed by atoms with Gasteiger partial charge < -0.3 is 59.3 Å². The van der Waals surface area contributed by atoms with Gasteiger partial charge in [-0.05, 0) is 24.3 Å². The van der Waals surface area contributed by atoms with Crippen LogP contribution in [0.5, 0.6) is 0 Å². The van der Waals surface area contributed by atoms with Crippen molar-refractivity contribution < 1.29 is 103 Å².